The Morgan fingerprint density at radius 1 is 0.266 bits per heavy atom. The number of hydrogen-bond donors (Lipinski definition) is 0. The molecule has 13 aromatic rings. The van der Waals surface area contributed by atoms with Gasteiger partial charge in [0.25, 0.3) is 0 Å². The summed E-state index contributed by atoms with van der Waals surface area (Å²) < 4.78 is 4.77. The van der Waals surface area contributed by atoms with Crippen LogP contribution in [0, 0.1) is 0 Å². The van der Waals surface area contributed by atoms with Crippen molar-refractivity contribution in [3.8, 4) is 56.3 Å². The molecule has 0 fully saturated rings. The standard InChI is InChI=1S/C60H38N4/c1-3-14-39(15-4-1)42-17-13-18-45(36-42)58-52-34-28-40-16-7-8-21-48(40)59(52)62-60(61-58)41-26-31-47(32-27-41)63-55-25-12-10-23-50(55)53-37-43(30-35-56(53)63)44-29-33-51-49-22-9-11-24-54(49)64(57(51)38-44)46-19-5-2-6-20-46/h1-38H. The number of nitrogens with zero attached hydrogens (tertiary/aromatic N) is 4. The summed E-state index contributed by atoms with van der Waals surface area (Å²) in [4.78, 5) is 10.7. The molecule has 0 aliphatic carbocycles. The highest BCUT2D eigenvalue weighted by Gasteiger charge is 2.18. The van der Waals surface area contributed by atoms with Crippen molar-refractivity contribution in [1.29, 1.82) is 0 Å². The third-order valence-electron chi connectivity index (χ3n) is 12.9. The van der Waals surface area contributed by atoms with Crippen LogP contribution in [0.5, 0.6) is 0 Å². The highest BCUT2D eigenvalue weighted by Crippen LogP contribution is 2.40. The predicted octanol–water partition coefficient (Wildman–Crippen LogP) is 15.6. The molecule has 298 valence electrons. The molecule has 3 aromatic heterocycles. The lowest BCUT2D eigenvalue weighted by atomic mass is 9.98. The van der Waals surface area contributed by atoms with E-state index < -0.39 is 0 Å². The van der Waals surface area contributed by atoms with E-state index in [0.717, 1.165) is 66.5 Å². The second kappa shape index (κ2) is 14.5. The van der Waals surface area contributed by atoms with Gasteiger partial charge < -0.3 is 9.13 Å². The molecule has 0 amide bonds. The zero-order chi connectivity index (χ0) is 42.1. The van der Waals surface area contributed by atoms with Gasteiger partial charge in [-0.05, 0) is 107 Å². The van der Waals surface area contributed by atoms with Gasteiger partial charge in [0, 0.05) is 54.8 Å². The molecular weight excluding hydrogens is 777 g/mol. The van der Waals surface area contributed by atoms with E-state index in [0.29, 0.717) is 5.82 Å². The Balaban J connectivity index is 0.927. The average Bonchev–Trinajstić information content (AvgIpc) is 3.89. The lowest BCUT2D eigenvalue weighted by Gasteiger charge is -2.13. The van der Waals surface area contributed by atoms with Crippen LogP contribution < -0.4 is 0 Å². The number of fused-ring (bicyclic) bond motifs is 9. The monoisotopic (exact) mass is 814 g/mol. The predicted molar refractivity (Wildman–Crippen MR) is 267 cm³/mol. The summed E-state index contributed by atoms with van der Waals surface area (Å²) in [6.07, 6.45) is 0. The van der Waals surface area contributed by atoms with Crippen molar-refractivity contribution in [3.05, 3.63) is 231 Å². The molecule has 0 saturated carbocycles. The van der Waals surface area contributed by atoms with Crippen LogP contribution in [0.15, 0.2) is 231 Å². The second-order valence-corrected chi connectivity index (χ2v) is 16.6. The van der Waals surface area contributed by atoms with Gasteiger partial charge in [-0.1, -0.05) is 152 Å². The van der Waals surface area contributed by atoms with Crippen molar-refractivity contribution in [2.45, 2.75) is 0 Å². The summed E-state index contributed by atoms with van der Waals surface area (Å²) in [5.41, 5.74) is 15.6. The molecular formula is C60H38N4. The first-order valence-corrected chi connectivity index (χ1v) is 21.8. The maximum absolute atomic E-state index is 5.35. The van der Waals surface area contributed by atoms with E-state index in [2.05, 4.69) is 240 Å². The molecule has 13 rings (SSSR count). The van der Waals surface area contributed by atoms with Gasteiger partial charge in [-0.15, -0.1) is 0 Å². The molecule has 0 radical (unpaired) electrons. The second-order valence-electron chi connectivity index (χ2n) is 16.6. The van der Waals surface area contributed by atoms with Crippen molar-refractivity contribution in [1.82, 2.24) is 19.1 Å². The summed E-state index contributed by atoms with van der Waals surface area (Å²) in [5.74, 6) is 0.700. The van der Waals surface area contributed by atoms with E-state index in [1.165, 1.54) is 49.3 Å². The van der Waals surface area contributed by atoms with E-state index in [1.807, 2.05) is 0 Å². The minimum Gasteiger partial charge on any atom is -0.309 e. The average molecular weight is 815 g/mol. The van der Waals surface area contributed by atoms with Gasteiger partial charge in [0.05, 0.1) is 33.3 Å². The number of hydrogen-bond acceptors (Lipinski definition) is 2. The minimum absolute atomic E-state index is 0.700. The molecule has 0 unspecified atom stereocenters. The first-order valence-electron chi connectivity index (χ1n) is 21.8. The van der Waals surface area contributed by atoms with Gasteiger partial charge in [0.2, 0.25) is 0 Å². The van der Waals surface area contributed by atoms with Crippen LogP contribution in [-0.4, -0.2) is 19.1 Å². The fraction of sp³-hybridized carbons (Fsp3) is 0. The topological polar surface area (TPSA) is 35.6 Å². The smallest absolute Gasteiger partial charge is 0.160 e. The van der Waals surface area contributed by atoms with Gasteiger partial charge in [0.15, 0.2) is 5.82 Å². The van der Waals surface area contributed by atoms with Crippen LogP contribution >= 0.6 is 0 Å². The Labute approximate surface area is 369 Å². The fourth-order valence-electron chi connectivity index (χ4n) is 9.89. The minimum atomic E-state index is 0.700. The molecule has 10 aromatic carbocycles. The van der Waals surface area contributed by atoms with E-state index in [-0.39, 0.29) is 0 Å². The Bertz CT molecular complexity index is 3940. The SMILES string of the molecule is c1ccc(-c2cccc(-c3nc(-c4ccc(-n5c6ccccc6c6cc(-c7ccc8c9ccccc9n(-c9ccccc9)c8c7)ccc65)cc4)nc4c3ccc3ccccc34)c2)cc1. The highest BCUT2D eigenvalue weighted by molar-refractivity contribution is 6.13. The van der Waals surface area contributed by atoms with Crippen LogP contribution in [0.3, 0.4) is 0 Å². The summed E-state index contributed by atoms with van der Waals surface area (Å²) in [6.45, 7) is 0. The molecule has 0 N–H and O–H groups in total. The molecule has 0 aliphatic rings. The molecule has 4 nitrogen and oxygen atoms in total. The van der Waals surface area contributed by atoms with Crippen LogP contribution in [0.1, 0.15) is 0 Å². The maximum atomic E-state index is 5.35. The molecule has 0 spiro atoms. The molecule has 4 heteroatoms. The summed E-state index contributed by atoms with van der Waals surface area (Å²) in [7, 11) is 0. The third kappa shape index (κ3) is 5.77. The molecule has 0 atom stereocenters. The first-order chi connectivity index (χ1) is 31.7. The van der Waals surface area contributed by atoms with Gasteiger partial charge in [-0.3, -0.25) is 0 Å². The van der Waals surface area contributed by atoms with Gasteiger partial charge in [-0.25, -0.2) is 9.97 Å². The van der Waals surface area contributed by atoms with E-state index >= 15 is 0 Å². The van der Waals surface area contributed by atoms with Crippen molar-refractivity contribution in [2.75, 3.05) is 0 Å². The molecule has 3 heterocycles. The zero-order valence-corrected chi connectivity index (χ0v) is 34.7. The third-order valence-corrected chi connectivity index (χ3v) is 12.9. The number of benzene rings is 10. The van der Waals surface area contributed by atoms with E-state index in [4.69, 9.17) is 9.97 Å². The first kappa shape index (κ1) is 36.1. The van der Waals surface area contributed by atoms with Crippen LogP contribution in [-0.2, 0) is 0 Å². The molecule has 0 saturated heterocycles. The van der Waals surface area contributed by atoms with Crippen molar-refractivity contribution >= 4 is 65.3 Å². The fourth-order valence-corrected chi connectivity index (χ4v) is 9.89. The summed E-state index contributed by atoms with van der Waals surface area (Å²) in [6, 6.07) is 82.7. The van der Waals surface area contributed by atoms with E-state index in [9.17, 15) is 0 Å². The summed E-state index contributed by atoms with van der Waals surface area (Å²) in [5, 5.41) is 8.25. The Morgan fingerprint density at radius 3 is 1.59 bits per heavy atom. The van der Waals surface area contributed by atoms with Crippen molar-refractivity contribution in [2.24, 2.45) is 0 Å². The van der Waals surface area contributed by atoms with Crippen LogP contribution in [0.2, 0.25) is 0 Å². The quantitative estimate of drug-likeness (QED) is 0.157. The Morgan fingerprint density at radius 2 is 0.797 bits per heavy atom. The van der Waals surface area contributed by atoms with Crippen LogP contribution in [0.4, 0.5) is 0 Å². The Kier molecular flexibility index (Phi) is 8.18. The number of aromatic nitrogens is 4. The molecule has 0 bridgehead atoms. The highest BCUT2D eigenvalue weighted by atomic mass is 15.0. The van der Waals surface area contributed by atoms with Crippen molar-refractivity contribution < 1.29 is 0 Å². The van der Waals surface area contributed by atoms with E-state index in [1.54, 1.807) is 0 Å². The molecule has 64 heavy (non-hydrogen) atoms. The molecule has 0 aliphatic heterocycles. The number of rotatable bonds is 6. The normalized spacial score (nSPS) is 11.8. The zero-order valence-electron chi connectivity index (χ0n) is 34.7. The van der Waals surface area contributed by atoms with Gasteiger partial charge >= 0.3 is 0 Å². The number of para-hydroxylation sites is 3. The maximum Gasteiger partial charge on any atom is 0.160 e. The largest absolute Gasteiger partial charge is 0.309 e. The van der Waals surface area contributed by atoms with Gasteiger partial charge in [0.1, 0.15) is 0 Å². The van der Waals surface area contributed by atoms with Gasteiger partial charge in [-0.2, -0.15) is 0 Å². The Hall–Kier alpha value is -8.60. The van der Waals surface area contributed by atoms with Crippen molar-refractivity contribution in [3.63, 3.8) is 0 Å². The lowest BCUT2D eigenvalue weighted by Crippen LogP contribution is -1.97. The van der Waals surface area contributed by atoms with Crippen LogP contribution in [0.25, 0.3) is 122 Å². The lowest BCUT2D eigenvalue weighted by molar-refractivity contribution is 1.17. The summed E-state index contributed by atoms with van der Waals surface area (Å²) >= 11 is 0.